The fourth-order valence-corrected chi connectivity index (χ4v) is 2.98. The van der Waals surface area contributed by atoms with Gasteiger partial charge in [-0.05, 0) is 57.7 Å². The van der Waals surface area contributed by atoms with Gasteiger partial charge in [0, 0.05) is 16.7 Å². The standard InChI is InChI=1S/C17H21NO3/c1-4-20-18-10-13-9-14-12(3)16(19)11(2)8-15(14)21-17(13)6-5-7-17/h8-10,19H,4-7H2,1-3H3. The van der Waals surface area contributed by atoms with Gasteiger partial charge in [-0.15, -0.1) is 0 Å². The van der Waals surface area contributed by atoms with E-state index in [2.05, 4.69) is 11.2 Å². The molecular weight excluding hydrogens is 266 g/mol. The van der Waals surface area contributed by atoms with E-state index in [-0.39, 0.29) is 5.60 Å². The molecule has 0 atom stereocenters. The maximum atomic E-state index is 10.1. The van der Waals surface area contributed by atoms with Crippen LogP contribution in [0.3, 0.4) is 0 Å². The predicted octanol–water partition coefficient (Wildman–Crippen LogP) is 3.73. The van der Waals surface area contributed by atoms with E-state index in [1.165, 1.54) is 0 Å². The number of phenolic OH excluding ortho intramolecular Hbond substituents is 1. The zero-order valence-corrected chi connectivity index (χ0v) is 12.8. The SMILES string of the molecule is CCON=CC1=Cc2c(cc(C)c(O)c2C)OC12CCC2. The third-order valence-electron chi connectivity index (χ3n) is 4.43. The second kappa shape index (κ2) is 5.10. The molecule has 1 aromatic carbocycles. The normalized spacial score (nSPS) is 18.9. The van der Waals surface area contributed by atoms with Gasteiger partial charge in [0.05, 0.1) is 6.21 Å². The van der Waals surface area contributed by atoms with Gasteiger partial charge in [-0.1, -0.05) is 5.16 Å². The summed E-state index contributed by atoms with van der Waals surface area (Å²) in [4.78, 5) is 5.08. The molecule has 1 aliphatic heterocycles. The maximum Gasteiger partial charge on any atom is 0.136 e. The van der Waals surface area contributed by atoms with Crippen molar-refractivity contribution in [3.8, 4) is 11.5 Å². The Morgan fingerprint density at radius 2 is 2.19 bits per heavy atom. The Labute approximate surface area is 125 Å². The van der Waals surface area contributed by atoms with Crippen molar-refractivity contribution in [1.29, 1.82) is 0 Å². The summed E-state index contributed by atoms with van der Waals surface area (Å²) in [6, 6.07) is 1.92. The molecule has 0 amide bonds. The van der Waals surface area contributed by atoms with Crippen molar-refractivity contribution in [3.05, 3.63) is 28.3 Å². The van der Waals surface area contributed by atoms with Crippen molar-refractivity contribution in [2.24, 2.45) is 5.16 Å². The highest BCUT2D eigenvalue weighted by Crippen LogP contribution is 2.48. The molecule has 1 saturated carbocycles. The molecule has 112 valence electrons. The monoisotopic (exact) mass is 287 g/mol. The van der Waals surface area contributed by atoms with Gasteiger partial charge >= 0.3 is 0 Å². The van der Waals surface area contributed by atoms with Gasteiger partial charge in [0.15, 0.2) is 0 Å². The van der Waals surface area contributed by atoms with Crippen molar-refractivity contribution in [3.63, 3.8) is 0 Å². The van der Waals surface area contributed by atoms with Gasteiger partial charge in [-0.2, -0.15) is 0 Å². The number of ether oxygens (including phenoxy) is 1. The van der Waals surface area contributed by atoms with Crippen LogP contribution >= 0.6 is 0 Å². The summed E-state index contributed by atoms with van der Waals surface area (Å²) >= 11 is 0. The molecule has 0 unspecified atom stereocenters. The molecule has 1 heterocycles. The highest BCUT2D eigenvalue weighted by Gasteiger charge is 2.45. The minimum atomic E-state index is -0.260. The molecule has 1 fully saturated rings. The predicted molar refractivity (Wildman–Crippen MR) is 82.9 cm³/mol. The summed E-state index contributed by atoms with van der Waals surface area (Å²) in [7, 11) is 0. The second-order valence-corrected chi connectivity index (χ2v) is 5.78. The van der Waals surface area contributed by atoms with E-state index in [1.54, 1.807) is 6.21 Å². The topological polar surface area (TPSA) is 51.0 Å². The Bertz CT molecular complexity index is 627. The first-order valence-corrected chi connectivity index (χ1v) is 7.47. The van der Waals surface area contributed by atoms with Gasteiger partial charge in [-0.25, -0.2) is 0 Å². The third-order valence-corrected chi connectivity index (χ3v) is 4.43. The molecule has 3 rings (SSSR count). The number of hydrogen-bond acceptors (Lipinski definition) is 4. The minimum Gasteiger partial charge on any atom is -0.507 e. The van der Waals surface area contributed by atoms with Crippen LogP contribution in [0.2, 0.25) is 0 Å². The quantitative estimate of drug-likeness (QED) is 0.680. The number of oxime groups is 1. The molecule has 0 radical (unpaired) electrons. The van der Waals surface area contributed by atoms with Gasteiger partial charge in [0.25, 0.3) is 0 Å². The summed E-state index contributed by atoms with van der Waals surface area (Å²) in [5, 5.41) is 14.1. The summed E-state index contributed by atoms with van der Waals surface area (Å²) in [5.41, 5.74) is 3.40. The number of benzene rings is 1. The van der Waals surface area contributed by atoms with Gasteiger partial charge in [0.2, 0.25) is 0 Å². The Kier molecular flexibility index (Phi) is 3.40. The van der Waals surface area contributed by atoms with Crippen molar-refractivity contribution in [2.45, 2.75) is 45.6 Å². The first-order valence-electron chi connectivity index (χ1n) is 7.47. The number of aryl methyl sites for hydroxylation is 1. The third kappa shape index (κ3) is 2.19. The highest BCUT2D eigenvalue weighted by atomic mass is 16.6. The van der Waals surface area contributed by atoms with Crippen LogP contribution in [-0.2, 0) is 4.84 Å². The van der Waals surface area contributed by atoms with E-state index in [0.717, 1.165) is 47.3 Å². The Morgan fingerprint density at radius 3 is 2.81 bits per heavy atom. The molecule has 0 saturated heterocycles. The van der Waals surface area contributed by atoms with E-state index < -0.39 is 0 Å². The van der Waals surface area contributed by atoms with E-state index in [9.17, 15) is 5.11 Å². The van der Waals surface area contributed by atoms with Gasteiger partial charge in [-0.3, -0.25) is 0 Å². The van der Waals surface area contributed by atoms with Crippen molar-refractivity contribution >= 4 is 12.3 Å². The maximum absolute atomic E-state index is 10.1. The Hall–Kier alpha value is -1.97. The van der Waals surface area contributed by atoms with Crippen LogP contribution in [0, 0.1) is 13.8 Å². The van der Waals surface area contributed by atoms with E-state index in [4.69, 9.17) is 9.57 Å². The second-order valence-electron chi connectivity index (χ2n) is 5.78. The van der Waals surface area contributed by atoms with E-state index in [0.29, 0.717) is 12.4 Å². The number of nitrogens with zero attached hydrogens (tertiary/aromatic N) is 1. The number of hydrogen-bond donors (Lipinski definition) is 1. The number of aromatic hydroxyl groups is 1. The zero-order valence-electron chi connectivity index (χ0n) is 12.8. The first-order chi connectivity index (χ1) is 10.1. The molecule has 2 aliphatic rings. The Balaban J connectivity index is 2.07. The fourth-order valence-electron chi connectivity index (χ4n) is 2.98. The van der Waals surface area contributed by atoms with Gasteiger partial charge in [0.1, 0.15) is 23.7 Å². The van der Waals surface area contributed by atoms with Crippen LogP contribution in [0.15, 0.2) is 16.8 Å². The lowest BCUT2D eigenvalue weighted by Gasteiger charge is -2.45. The van der Waals surface area contributed by atoms with Gasteiger partial charge < -0.3 is 14.7 Å². The molecule has 1 aromatic rings. The molecule has 1 spiro atoms. The lowest BCUT2D eigenvalue weighted by atomic mass is 9.72. The van der Waals surface area contributed by atoms with Crippen LogP contribution in [0.4, 0.5) is 0 Å². The van der Waals surface area contributed by atoms with Crippen LogP contribution in [0.1, 0.15) is 42.9 Å². The Morgan fingerprint density at radius 1 is 1.43 bits per heavy atom. The summed E-state index contributed by atoms with van der Waals surface area (Å²) in [6.45, 7) is 6.27. The molecule has 0 bridgehead atoms. The molecular formula is C17H21NO3. The van der Waals surface area contributed by atoms with Crippen LogP contribution in [-0.4, -0.2) is 23.5 Å². The summed E-state index contributed by atoms with van der Waals surface area (Å²) in [6.07, 6.45) is 6.98. The molecule has 1 aliphatic carbocycles. The molecule has 4 heteroatoms. The molecule has 21 heavy (non-hydrogen) atoms. The minimum absolute atomic E-state index is 0.260. The number of rotatable bonds is 3. The first kappa shape index (κ1) is 14.0. The zero-order chi connectivity index (χ0) is 15.0. The average Bonchev–Trinajstić information content (AvgIpc) is 2.43. The molecule has 4 nitrogen and oxygen atoms in total. The average molecular weight is 287 g/mol. The number of fused-ring (bicyclic) bond motifs is 1. The highest BCUT2D eigenvalue weighted by molar-refractivity contribution is 5.91. The lowest BCUT2D eigenvalue weighted by Crippen LogP contribution is -2.47. The van der Waals surface area contributed by atoms with Crippen LogP contribution in [0.5, 0.6) is 11.5 Å². The number of phenols is 1. The van der Waals surface area contributed by atoms with Crippen LogP contribution < -0.4 is 4.74 Å². The van der Waals surface area contributed by atoms with Crippen molar-refractivity contribution < 1.29 is 14.7 Å². The largest absolute Gasteiger partial charge is 0.507 e. The summed E-state index contributed by atoms with van der Waals surface area (Å²) in [5.74, 6) is 1.19. The smallest absolute Gasteiger partial charge is 0.136 e. The molecule has 0 aromatic heterocycles. The van der Waals surface area contributed by atoms with Crippen LogP contribution in [0.25, 0.3) is 6.08 Å². The van der Waals surface area contributed by atoms with E-state index >= 15 is 0 Å². The van der Waals surface area contributed by atoms with Crippen molar-refractivity contribution in [1.82, 2.24) is 0 Å². The molecule has 1 N–H and O–H groups in total. The van der Waals surface area contributed by atoms with E-state index in [1.807, 2.05) is 26.8 Å². The summed E-state index contributed by atoms with van der Waals surface area (Å²) < 4.78 is 6.29. The fraction of sp³-hybridized carbons (Fsp3) is 0.471. The van der Waals surface area contributed by atoms with Crippen molar-refractivity contribution in [2.75, 3.05) is 6.61 Å². The lowest BCUT2D eigenvalue weighted by molar-refractivity contribution is 0.0317.